The van der Waals surface area contributed by atoms with E-state index in [9.17, 15) is 9.13 Å². The predicted molar refractivity (Wildman–Crippen MR) is 38.6 cm³/mol. The first-order valence-corrected chi connectivity index (χ1v) is 5.62. The first-order chi connectivity index (χ1) is 4.15. The monoisotopic (exact) mass is 207 g/mol. The molecule has 70 valence electrons. The topological polar surface area (TPSA) is 150 Å². The molecular formula is C2H11NO6P2. The quantitative estimate of drug-likeness (QED) is 0.395. The van der Waals surface area contributed by atoms with Gasteiger partial charge in [-0.2, -0.15) is 0 Å². The van der Waals surface area contributed by atoms with Gasteiger partial charge in [0, 0.05) is 0 Å². The van der Waals surface area contributed by atoms with Gasteiger partial charge in [0.15, 0.2) is 5.40 Å². The summed E-state index contributed by atoms with van der Waals surface area (Å²) >= 11 is 0. The first kappa shape index (κ1) is 13.8. The summed E-state index contributed by atoms with van der Waals surface area (Å²) in [7, 11) is -9.28. The molecule has 9 heteroatoms. The van der Waals surface area contributed by atoms with Crippen molar-refractivity contribution in [3.63, 3.8) is 0 Å². The SMILES string of the molecule is CC(P(=O)(O)O)P(=O)(O)O.N. The van der Waals surface area contributed by atoms with Crippen LogP contribution in [0.4, 0.5) is 0 Å². The summed E-state index contributed by atoms with van der Waals surface area (Å²) in [6, 6.07) is 0. The van der Waals surface area contributed by atoms with Crippen molar-refractivity contribution in [2.75, 3.05) is 0 Å². The van der Waals surface area contributed by atoms with Crippen molar-refractivity contribution >= 4 is 15.2 Å². The van der Waals surface area contributed by atoms with Crippen LogP contribution in [0, 0.1) is 0 Å². The van der Waals surface area contributed by atoms with Crippen LogP contribution >= 0.6 is 15.2 Å². The molecule has 0 unspecified atom stereocenters. The van der Waals surface area contributed by atoms with E-state index < -0.39 is 20.6 Å². The van der Waals surface area contributed by atoms with Crippen molar-refractivity contribution in [1.29, 1.82) is 0 Å². The molecule has 11 heavy (non-hydrogen) atoms. The van der Waals surface area contributed by atoms with Crippen molar-refractivity contribution in [3.8, 4) is 0 Å². The smallest absolute Gasteiger partial charge is 0.340 e. The maximum absolute atomic E-state index is 10.2. The predicted octanol–water partition coefficient (Wildman–Crippen LogP) is -0.150. The average molecular weight is 207 g/mol. The van der Waals surface area contributed by atoms with Gasteiger partial charge in [-0.05, 0) is 6.92 Å². The van der Waals surface area contributed by atoms with Gasteiger partial charge < -0.3 is 25.7 Å². The summed E-state index contributed by atoms with van der Waals surface area (Å²) in [6.07, 6.45) is 0. The third-order valence-electron chi connectivity index (χ3n) is 0.974. The summed E-state index contributed by atoms with van der Waals surface area (Å²) in [5.41, 5.74) is 0. The highest BCUT2D eigenvalue weighted by molar-refractivity contribution is 7.70. The molecule has 7 N–H and O–H groups in total. The molecule has 0 aliphatic heterocycles. The number of rotatable bonds is 2. The normalized spacial score (nSPS) is 12.9. The molecule has 7 nitrogen and oxygen atoms in total. The zero-order chi connectivity index (χ0) is 8.58. The molecule has 0 saturated heterocycles. The maximum Gasteiger partial charge on any atom is 0.340 e. The summed E-state index contributed by atoms with van der Waals surface area (Å²) in [5.74, 6) is 0. The van der Waals surface area contributed by atoms with Crippen LogP contribution in [0.5, 0.6) is 0 Å². The van der Waals surface area contributed by atoms with Crippen molar-refractivity contribution in [2.24, 2.45) is 0 Å². The molecule has 0 heterocycles. The molecule has 0 saturated carbocycles. The number of hydrogen-bond acceptors (Lipinski definition) is 3. The second kappa shape index (κ2) is 3.78. The van der Waals surface area contributed by atoms with Crippen molar-refractivity contribution in [1.82, 2.24) is 6.15 Å². The Balaban J connectivity index is 0. The van der Waals surface area contributed by atoms with Crippen molar-refractivity contribution < 1.29 is 28.7 Å². The molecular weight excluding hydrogens is 196 g/mol. The fourth-order valence-corrected chi connectivity index (χ4v) is 1.76. The van der Waals surface area contributed by atoms with Gasteiger partial charge in [-0.3, -0.25) is 9.13 Å². The van der Waals surface area contributed by atoms with E-state index in [0.29, 0.717) is 0 Å². The minimum Gasteiger partial charge on any atom is -0.344 e. The van der Waals surface area contributed by atoms with Crippen molar-refractivity contribution in [2.45, 2.75) is 12.3 Å². The summed E-state index contributed by atoms with van der Waals surface area (Å²) in [6.45, 7) is 0.807. The third-order valence-corrected chi connectivity index (χ3v) is 4.73. The van der Waals surface area contributed by atoms with E-state index in [0.717, 1.165) is 6.92 Å². The molecule has 0 bridgehead atoms. The van der Waals surface area contributed by atoms with Gasteiger partial charge in [-0.25, -0.2) is 0 Å². The van der Waals surface area contributed by atoms with E-state index in [2.05, 4.69) is 0 Å². The van der Waals surface area contributed by atoms with Crippen LogP contribution in [-0.4, -0.2) is 25.0 Å². The number of hydrogen-bond donors (Lipinski definition) is 5. The highest BCUT2D eigenvalue weighted by atomic mass is 31.2. The van der Waals surface area contributed by atoms with E-state index in [1.165, 1.54) is 0 Å². The lowest BCUT2D eigenvalue weighted by molar-refractivity contribution is 0.342. The lowest BCUT2D eigenvalue weighted by atomic mass is 11.0. The van der Waals surface area contributed by atoms with Gasteiger partial charge in [-0.1, -0.05) is 0 Å². The van der Waals surface area contributed by atoms with Gasteiger partial charge >= 0.3 is 15.2 Å². The summed E-state index contributed by atoms with van der Waals surface area (Å²) < 4.78 is 20.4. The molecule has 0 rings (SSSR count). The Morgan fingerprint density at radius 2 is 1.18 bits per heavy atom. The lowest BCUT2D eigenvalue weighted by Crippen LogP contribution is -2.02. The van der Waals surface area contributed by atoms with Crippen molar-refractivity contribution in [3.05, 3.63) is 0 Å². The summed E-state index contributed by atoms with van der Waals surface area (Å²) in [4.78, 5) is 33.0. The highest BCUT2D eigenvalue weighted by Crippen LogP contribution is 2.59. The first-order valence-electron chi connectivity index (χ1n) is 2.26. The van der Waals surface area contributed by atoms with Gasteiger partial charge in [0.1, 0.15) is 0 Å². The molecule has 0 aliphatic carbocycles. The Morgan fingerprint density at radius 1 is 1.00 bits per heavy atom. The van der Waals surface area contributed by atoms with Crippen LogP contribution in [0.25, 0.3) is 0 Å². The van der Waals surface area contributed by atoms with Crippen LogP contribution in [0.15, 0.2) is 0 Å². The molecule has 0 radical (unpaired) electrons. The van der Waals surface area contributed by atoms with E-state index in [1.54, 1.807) is 0 Å². The molecule has 0 aromatic heterocycles. The fraction of sp³-hybridized carbons (Fsp3) is 1.00. The highest BCUT2D eigenvalue weighted by Gasteiger charge is 2.38. The fourth-order valence-electron chi connectivity index (χ4n) is 0.196. The molecule has 0 aromatic carbocycles. The molecule has 0 aromatic rings. The van der Waals surface area contributed by atoms with Gasteiger partial charge in [0.25, 0.3) is 0 Å². The van der Waals surface area contributed by atoms with Gasteiger partial charge in [0.2, 0.25) is 0 Å². The lowest BCUT2D eigenvalue weighted by Gasteiger charge is -2.13. The average Bonchev–Trinajstić information content (AvgIpc) is 1.59. The largest absolute Gasteiger partial charge is 0.344 e. The van der Waals surface area contributed by atoms with E-state index in [1.807, 2.05) is 0 Å². The Hall–Kier alpha value is 0.260. The zero-order valence-corrected chi connectivity index (χ0v) is 7.57. The second-order valence-corrected chi connectivity index (χ2v) is 6.12. The van der Waals surface area contributed by atoms with Crippen LogP contribution in [0.2, 0.25) is 0 Å². The summed E-state index contributed by atoms with van der Waals surface area (Å²) in [5, 5.41) is -1.90. The Kier molecular flexibility index (Phi) is 4.75. The van der Waals surface area contributed by atoms with E-state index in [4.69, 9.17) is 19.6 Å². The van der Waals surface area contributed by atoms with Crippen LogP contribution < -0.4 is 6.15 Å². The van der Waals surface area contributed by atoms with Crippen LogP contribution in [0.1, 0.15) is 6.92 Å². The van der Waals surface area contributed by atoms with Crippen LogP contribution in [0.3, 0.4) is 0 Å². The molecule has 0 aliphatic rings. The van der Waals surface area contributed by atoms with Gasteiger partial charge in [-0.15, -0.1) is 0 Å². The molecule has 0 atom stereocenters. The second-order valence-electron chi connectivity index (χ2n) is 1.81. The van der Waals surface area contributed by atoms with E-state index >= 15 is 0 Å². The minimum atomic E-state index is -4.64. The Bertz CT molecular complexity index is 181. The standard InChI is InChI=1S/C2H8O6P2.H3N/c1-2(9(3,4)5)10(6,7)8;/h2H,1H3,(H2,3,4,5)(H2,6,7,8);1H3. The maximum atomic E-state index is 10.2. The Labute approximate surface area is 63.3 Å². The van der Waals surface area contributed by atoms with Gasteiger partial charge in [0.05, 0.1) is 0 Å². The van der Waals surface area contributed by atoms with E-state index in [-0.39, 0.29) is 6.15 Å². The molecule has 0 spiro atoms. The molecule has 0 fully saturated rings. The molecule has 0 amide bonds. The zero-order valence-electron chi connectivity index (χ0n) is 5.78. The third kappa shape index (κ3) is 4.66. The Morgan fingerprint density at radius 3 is 1.18 bits per heavy atom. The minimum absolute atomic E-state index is 0. The van der Waals surface area contributed by atoms with Crippen LogP contribution in [-0.2, 0) is 9.13 Å².